The normalized spacial score (nSPS) is 19.1. The molecule has 1 aliphatic rings. The summed E-state index contributed by atoms with van der Waals surface area (Å²) in [5.41, 5.74) is 5.64. The molecule has 2 aromatic rings. The fourth-order valence-electron chi connectivity index (χ4n) is 2.85. The van der Waals surface area contributed by atoms with Crippen LogP contribution in [0.1, 0.15) is 35.1 Å². The number of alkyl halides is 3. The van der Waals surface area contributed by atoms with E-state index in [1.54, 1.807) is 12.1 Å². The summed E-state index contributed by atoms with van der Waals surface area (Å²) in [5, 5.41) is 2.55. The maximum Gasteiger partial charge on any atom is 0.433 e. The van der Waals surface area contributed by atoms with Crippen molar-refractivity contribution in [2.45, 2.75) is 38.1 Å². The van der Waals surface area contributed by atoms with E-state index in [9.17, 15) is 18.0 Å². The number of anilines is 1. The molecule has 0 unspecified atom stereocenters. The van der Waals surface area contributed by atoms with Crippen LogP contribution in [0.5, 0.6) is 0 Å². The number of aliphatic imine (C=N–C) groups is 1. The highest BCUT2D eigenvalue weighted by Crippen LogP contribution is 2.27. The molecule has 3 N–H and O–H groups in total. The number of benzene rings is 1. The van der Waals surface area contributed by atoms with Gasteiger partial charge in [-0.2, -0.15) is 13.2 Å². The highest BCUT2D eigenvalue weighted by Gasteiger charge is 2.33. The van der Waals surface area contributed by atoms with Gasteiger partial charge in [-0.1, -0.05) is 18.2 Å². The minimum Gasteiger partial charge on any atom is -0.460 e. The molecule has 28 heavy (non-hydrogen) atoms. The maximum atomic E-state index is 12.7. The molecule has 6 nitrogen and oxygen atoms in total. The van der Waals surface area contributed by atoms with Gasteiger partial charge in [0.2, 0.25) is 0 Å². The van der Waals surface area contributed by atoms with E-state index < -0.39 is 17.8 Å². The third kappa shape index (κ3) is 4.79. The Morgan fingerprint density at radius 1 is 1.21 bits per heavy atom. The summed E-state index contributed by atoms with van der Waals surface area (Å²) in [6.07, 6.45) is -3.15. The van der Waals surface area contributed by atoms with Crippen LogP contribution < -0.4 is 11.1 Å². The third-order valence-corrected chi connectivity index (χ3v) is 4.35. The lowest BCUT2D eigenvalue weighted by Gasteiger charge is -2.12. The largest absolute Gasteiger partial charge is 0.460 e. The van der Waals surface area contributed by atoms with Crippen LogP contribution in [0.15, 0.2) is 47.5 Å². The fraction of sp³-hybridized carbons (Fsp3) is 0.316. The van der Waals surface area contributed by atoms with Crippen LogP contribution in [0.3, 0.4) is 0 Å². The maximum absolute atomic E-state index is 12.7. The number of rotatable bonds is 5. The number of pyridine rings is 1. The predicted molar refractivity (Wildman–Crippen MR) is 97.9 cm³/mol. The number of aryl methyl sites for hydroxylation is 1. The topological polar surface area (TPSA) is 89.6 Å². The molecular weight excluding hydrogens is 373 g/mol. The number of nitrogens with one attached hydrogen (secondary N) is 1. The molecule has 0 saturated carbocycles. The number of carbonyl (C=O) groups excluding carboxylic acids is 1. The molecule has 9 heteroatoms. The lowest BCUT2D eigenvalue weighted by atomic mass is 10.0. The Bertz CT molecular complexity index is 881. The molecule has 0 aliphatic carbocycles. The Kier molecular flexibility index (Phi) is 5.53. The Morgan fingerprint density at radius 3 is 2.54 bits per heavy atom. The van der Waals surface area contributed by atoms with Gasteiger partial charge in [-0.3, -0.25) is 4.79 Å². The molecule has 0 fully saturated rings. The monoisotopic (exact) mass is 392 g/mol. The first-order chi connectivity index (χ1) is 13.2. The van der Waals surface area contributed by atoms with Crippen LogP contribution in [0.4, 0.5) is 18.9 Å². The van der Waals surface area contributed by atoms with Gasteiger partial charge in [0, 0.05) is 5.69 Å². The summed E-state index contributed by atoms with van der Waals surface area (Å²) in [5.74, 6) is -0.708. The Hall–Kier alpha value is -3.10. The summed E-state index contributed by atoms with van der Waals surface area (Å²) < 4.78 is 43.4. The van der Waals surface area contributed by atoms with E-state index in [1.165, 1.54) is 6.07 Å². The van der Waals surface area contributed by atoms with E-state index in [0.29, 0.717) is 5.69 Å². The lowest BCUT2D eigenvalue weighted by Crippen LogP contribution is -2.20. The highest BCUT2D eigenvalue weighted by atomic mass is 19.4. The van der Waals surface area contributed by atoms with Gasteiger partial charge in [0.15, 0.2) is 0 Å². The van der Waals surface area contributed by atoms with Gasteiger partial charge in [-0.05, 0) is 49.6 Å². The van der Waals surface area contributed by atoms with Crippen LogP contribution in [-0.4, -0.2) is 29.1 Å². The van der Waals surface area contributed by atoms with Gasteiger partial charge < -0.3 is 15.8 Å². The smallest absolute Gasteiger partial charge is 0.433 e. The van der Waals surface area contributed by atoms with Crippen LogP contribution in [0.25, 0.3) is 0 Å². The van der Waals surface area contributed by atoms with Gasteiger partial charge in [0.1, 0.15) is 17.5 Å². The zero-order valence-electron chi connectivity index (χ0n) is 15.0. The SMILES string of the molecule is C[C@@H]1OC(N)=N[C@H]1CCc1ccc(NC(=O)c2cccc(C(F)(F)F)n2)cc1. The molecule has 1 amide bonds. The first-order valence-electron chi connectivity index (χ1n) is 8.67. The van der Waals surface area contributed by atoms with Gasteiger partial charge in [0.25, 0.3) is 11.9 Å². The average Bonchev–Trinajstić information content (AvgIpc) is 2.98. The average molecular weight is 392 g/mol. The van der Waals surface area contributed by atoms with E-state index in [2.05, 4.69) is 15.3 Å². The molecule has 3 rings (SSSR count). The summed E-state index contributed by atoms with van der Waals surface area (Å²) in [6.45, 7) is 1.91. The first kappa shape index (κ1) is 19.7. The number of halogens is 3. The number of ether oxygens (including phenoxy) is 1. The van der Waals surface area contributed by atoms with Crippen LogP contribution in [-0.2, 0) is 17.3 Å². The molecule has 1 aliphatic heterocycles. The summed E-state index contributed by atoms with van der Waals surface area (Å²) in [4.78, 5) is 19.8. The molecule has 2 heterocycles. The van der Waals surface area contributed by atoms with Crippen molar-refractivity contribution in [3.8, 4) is 0 Å². The summed E-state index contributed by atoms with van der Waals surface area (Å²) >= 11 is 0. The molecule has 148 valence electrons. The number of carbonyl (C=O) groups is 1. The van der Waals surface area contributed by atoms with Crippen molar-refractivity contribution in [3.05, 3.63) is 59.4 Å². The van der Waals surface area contributed by atoms with Crippen LogP contribution in [0, 0.1) is 0 Å². The van der Waals surface area contributed by atoms with Gasteiger partial charge in [-0.25, -0.2) is 9.98 Å². The zero-order valence-corrected chi connectivity index (χ0v) is 15.0. The summed E-state index contributed by atoms with van der Waals surface area (Å²) in [6, 6.07) is 10.5. The van der Waals surface area contributed by atoms with Crippen LogP contribution >= 0.6 is 0 Å². The number of amidine groups is 1. The van der Waals surface area contributed by atoms with Crippen molar-refractivity contribution in [1.29, 1.82) is 0 Å². The second kappa shape index (κ2) is 7.87. The zero-order chi connectivity index (χ0) is 20.3. The second-order valence-corrected chi connectivity index (χ2v) is 6.45. The standard InChI is InChI=1S/C19H19F3N4O2/c1-11-14(26-18(23)28-11)10-7-12-5-8-13(9-6-12)24-17(27)15-3-2-4-16(25-15)19(20,21)22/h2-6,8-9,11,14H,7,10H2,1H3,(H2,23,26)(H,24,27)/t11-,14-/m0/s1. The number of nitrogens with zero attached hydrogens (tertiary/aromatic N) is 2. The molecule has 2 atom stereocenters. The minimum absolute atomic E-state index is 0.00589. The first-order valence-corrected chi connectivity index (χ1v) is 8.67. The molecule has 0 radical (unpaired) electrons. The Balaban J connectivity index is 1.59. The summed E-state index contributed by atoms with van der Waals surface area (Å²) in [7, 11) is 0. The van der Waals surface area contributed by atoms with Crippen LogP contribution in [0.2, 0.25) is 0 Å². The van der Waals surface area contributed by atoms with Crippen molar-refractivity contribution in [1.82, 2.24) is 4.98 Å². The molecule has 1 aromatic carbocycles. The van der Waals surface area contributed by atoms with E-state index in [0.717, 1.165) is 30.5 Å². The van der Waals surface area contributed by atoms with E-state index in [-0.39, 0.29) is 23.9 Å². The molecule has 0 spiro atoms. The highest BCUT2D eigenvalue weighted by molar-refractivity contribution is 6.02. The Morgan fingerprint density at radius 2 is 1.93 bits per heavy atom. The predicted octanol–water partition coefficient (Wildman–Crippen LogP) is 3.39. The fourth-order valence-corrected chi connectivity index (χ4v) is 2.85. The third-order valence-electron chi connectivity index (χ3n) is 4.35. The van der Waals surface area contributed by atoms with Gasteiger partial charge in [-0.15, -0.1) is 0 Å². The Labute approximate surface area is 159 Å². The number of aromatic nitrogens is 1. The van der Waals surface area contributed by atoms with Gasteiger partial charge in [0.05, 0.1) is 6.04 Å². The van der Waals surface area contributed by atoms with Crippen molar-refractivity contribution >= 4 is 17.6 Å². The number of hydrogen-bond donors (Lipinski definition) is 2. The number of nitrogens with two attached hydrogens (primary N) is 1. The van der Waals surface area contributed by atoms with Crippen molar-refractivity contribution in [2.75, 3.05) is 5.32 Å². The second-order valence-electron chi connectivity index (χ2n) is 6.45. The van der Waals surface area contributed by atoms with E-state index in [4.69, 9.17) is 10.5 Å². The van der Waals surface area contributed by atoms with Crippen molar-refractivity contribution in [2.24, 2.45) is 10.7 Å². The van der Waals surface area contributed by atoms with Gasteiger partial charge >= 0.3 is 6.18 Å². The lowest BCUT2D eigenvalue weighted by molar-refractivity contribution is -0.141. The van der Waals surface area contributed by atoms with E-state index >= 15 is 0 Å². The van der Waals surface area contributed by atoms with Crippen molar-refractivity contribution in [3.63, 3.8) is 0 Å². The number of amides is 1. The van der Waals surface area contributed by atoms with E-state index in [1.807, 2.05) is 19.1 Å². The quantitative estimate of drug-likeness (QED) is 0.816. The van der Waals surface area contributed by atoms with Crippen molar-refractivity contribution < 1.29 is 22.7 Å². The minimum atomic E-state index is -4.60. The number of hydrogen-bond acceptors (Lipinski definition) is 5. The molecule has 0 bridgehead atoms. The molecular formula is C19H19F3N4O2. The molecule has 1 aromatic heterocycles. The molecule has 0 saturated heterocycles.